The number of hydrogen-bond acceptors (Lipinski definition) is 6. The molecule has 0 amide bonds. The molecule has 10 heteroatoms. The van der Waals surface area contributed by atoms with E-state index in [-0.39, 0.29) is 34.5 Å². The van der Waals surface area contributed by atoms with Crippen molar-refractivity contribution in [2.45, 2.75) is 12.0 Å². The molecule has 1 aromatic heterocycles. The summed E-state index contributed by atoms with van der Waals surface area (Å²) in [5, 5.41) is 10.6. The molecule has 0 saturated carbocycles. The molecule has 24 heavy (non-hydrogen) atoms. The van der Waals surface area contributed by atoms with Crippen molar-refractivity contribution in [2.75, 3.05) is 7.11 Å². The van der Waals surface area contributed by atoms with Gasteiger partial charge >= 0.3 is 11.2 Å². The van der Waals surface area contributed by atoms with Gasteiger partial charge in [-0.15, -0.1) is 0 Å². The summed E-state index contributed by atoms with van der Waals surface area (Å²) in [6.45, 7) is 0.0934. The Kier molecular flexibility index (Phi) is 4.12. The van der Waals surface area contributed by atoms with Gasteiger partial charge in [-0.05, 0) is 29.8 Å². The maximum Gasteiger partial charge on any atom is 0.436 e. The maximum absolute atomic E-state index is 12.6. The van der Waals surface area contributed by atoms with E-state index in [4.69, 9.17) is 42.5 Å². The van der Waals surface area contributed by atoms with E-state index in [9.17, 15) is 9.59 Å². The first-order chi connectivity index (χ1) is 11.4. The fourth-order valence-corrected chi connectivity index (χ4v) is 2.56. The summed E-state index contributed by atoms with van der Waals surface area (Å²) < 4.78 is 16.4. The molecule has 2 aromatic rings. The van der Waals surface area contributed by atoms with E-state index in [1.165, 1.54) is 36.2 Å². The molecular weight excluding hydrogens is 363 g/mol. The van der Waals surface area contributed by atoms with Gasteiger partial charge in [0.2, 0.25) is 5.78 Å². The standard InChI is InChI=1S/C14H10Cl2N2O6/c1-22-6-18-9(2-3-17-18)11(19)7-4-8(15)12-10(5-7)23-14(16,24-12)13(20)21/h2-5H,6H2,1H3,(H,20,21). The van der Waals surface area contributed by atoms with Gasteiger partial charge < -0.3 is 19.3 Å². The van der Waals surface area contributed by atoms with Gasteiger partial charge in [0.15, 0.2) is 11.5 Å². The van der Waals surface area contributed by atoms with Crippen LogP contribution in [0.1, 0.15) is 16.1 Å². The van der Waals surface area contributed by atoms with Crippen LogP contribution in [0.15, 0.2) is 24.4 Å². The molecule has 8 nitrogen and oxygen atoms in total. The van der Waals surface area contributed by atoms with Crippen molar-refractivity contribution < 1.29 is 28.9 Å². The van der Waals surface area contributed by atoms with Crippen LogP contribution in [0, 0.1) is 0 Å². The monoisotopic (exact) mass is 372 g/mol. The quantitative estimate of drug-likeness (QED) is 0.633. The van der Waals surface area contributed by atoms with E-state index >= 15 is 0 Å². The summed E-state index contributed by atoms with van der Waals surface area (Å²) in [5.41, 5.74) is 0.425. The molecule has 126 valence electrons. The topological polar surface area (TPSA) is 99.9 Å². The number of hydrogen-bond donors (Lipinski definition) is 1. The van der Waals surface area contributed by atoms with Crippen LogP contribution >= 0.6 is 23.2 Å². The number of halogens is 2. The van der Waals surface area contributed by atoms with Crippen molar-refractivity contribution in [3.63, 3.8) is 0 Å². The first kappa shape index (κ1) is 16.6. The summed E-state index contributed by atoms with van der Waals surface area (Å²) in [5.74, 6) is -2.03. The van der Waals surface area contributed by atoms with Crippen molar-refractivity contribution in [2.24, 2.45) is 0 Å². The third kappa shape index (κ3) is 2.68. The van der Waals surface area contributed by atoms with E-state index in [2.05, 4.69) is 5.10 Å². The van der Waals surface area contributed by atoms with Crippen molar-refractivity contribution in [1.29, 1.82) is 0 Å². The summed E-state index contributed by atoms with van der Waals surface area (Å²) in [4.78, 5) is 23.7. The number of ketones is 1. The molecule has 1 N–H and O–H groups in total. The predicted octanol–water partition coefficient (Wildman–Crippen LogP) is 2.12. The fourth-order valence-electron chi connectivity index (χ4n) is 2.15. The number of carboxylic acid groups (broad SMARTS) is 1. The molecule has 0 spiro atoms. The van der Waals surface area contributed by atoms with Crippen molar-refractivity contribution in [1.82, 2.24) is 9.78 Å². The second-order valence-electron chi connectivity index (χ2n) is 4.79. The van der Waals surface area contributed by atoms with Gasteiger partial charge in [0.25, 0.3) is 0 Å². The van der Waals surface area contributed by atoms with Crippen LogP contribution in [0.4, 0.5) is 0 Å². The Labute approximate surface area is 145 Å². The average Bonchev–Trinajstić information content (AvgIpc) is 3.11. The lowest BCUT2D eigenvalue weighted by Gasteiger charge is -2.13. The summed E-state index contributed by atoms with van der Waals surface area (Å²) >= 11 is 11.8. The highest BCUT2D eigenvalue weighted by Crippen LogP contribution is 2.46. The molecule has 1 atom stereocenters. The second-order valence-corrected chi connectivity index (χ2v) is 5.70. The SMILES string of the molecule is COCn1nccc1C(=O)c1cc(Cl)c2c(c1)OC(Cl)(C(=O)O)O2. The zero-order valence-corrected chi connectivity index (χ0v) is 13.7. The molecule has 0 saturated heterocycles. The first-order valence-corrected chi connectivity index (χ1v) is 7.30. The molecule has 1 aliphatic rings. The molecule has 3 rings (SSSR count). The number of aromatic nitrogens is 2. The normalized spacial score (nSPS) is 18.6. The molecule has 0 fully saturated rings. The Morgan fingerprint density at radius 2 is 2.17 bits per heavy atom. The summed E-state index contributed by atoms with van der Waals surface area (Å²) in [6, 6.07) is 4.16. The minimum Gasteiger partial charge on any atom is -0.474 e. The number of alkyl halides is 1. The number of fused-ring (bicyclic) bond motifs is 1. The zero-order chi connectivity index (χ0) is 17.5. The van der Waals surface area contributed by atoms with Gasteiger partial charge in [0.05, 0.1) is 5.02 Å². The predicted molar refractivity (Wildman–Crippen MR) is 81.6 cm³/mol. The van der Waals surface area contributed by atoms with Crippen LogP contribution in [0.5, 0.6) is 11.5 Å². The molecule has 1 aromatic carbocycles. The smallest absolute Gasteiger partial charge is 0.436 e. The number of ether oxygens (including phenoxy) is 3. The van der Waals surface area contributed by atoms with E-state index < -0.39 is 17.0 Å². The largest absolute Gasteiger partial charge is 0.474 e. The minimum absolute atomic E-state index is 0.00238. The van der Waals surface area contributed by atoms with Crippen LogP contribution in [-0.4, -0.2) is 39.0 Å². The molecule has 2 heterocycles. The number of methoxy groups -OCH3 is 1. The van der Waals surface area contributed by atoms with Crippen LogP contribution in [0.2, 0.25) is 5.02 Å². The number of rotatable bonds is 5. The van der Waals surface area contributed by atoms with E-state index in [0.29, 0.717) is 0 Å². The van der Waals surface area contributed by atoms with Crippen molar-refractivity contribution in [3.8, 4) is 11.5 Å². The van der Waals surface area contributed by atoms with E-state index in [1.807, 2.05) is 0 Å². The number of benzene rings is 1. The van der Waals surface area contributed by atoms with Gasteiger partial charge in [-0.1, -0.05) is 11.6 Å². The highest BCUT2D eigenvalue weighted by molar-refractivity contribution is 6.34. The Balaban J connectivity index is 1.98. The van der Waals surface area contributed by atoms with Crippen LogP contribution in [0.3, 0.4) is 0 Å². The molecule has 1 aliphatic heterocycles. The fraction of sp³-hybridized carbons (Fsp3) is 0.214. The third-order valence-electron chi connectivity index (χ3n) is 3.20. The number of carboxylic acids is 1. The second kappa shape index (κ2) is 5.97. The van der Waals surface area contributed by atoms with Crippen LogP contribution < -0.4 is 9.47 Å². The number of nitrogens with zero attached hydrogens (tertiary/aromatic N) is 2. The van der Waals surface area contributed by atoms with Gasteiger partial charge in [0, 0.05) is 18.9 Å². The van der Waals surface area contributed by atoms with E-state index in [0.717, 1.165) is 0 Å². The molecule has 0 bridgehead atoms. The highest BCUT2D eigenvalue weighted by Gasteiger charge is 2.49. The van der Waals surface area contributed by atoms with Gasteiger partial charge in [0.1, 0.15) is 12.4 Å². The minimum atomic E-state index is -2.41. The third-order valence-corrected chi connectivity index (χ3v) is 3.80. The highest BCUT2D eigenvalue weighted by atomic mass is 35.5. The van der Waals surface area contributed by atoms with Gasteiger partial charge in [-0.3, -0.25) is 4.79 Å². The number of carbonyl (C=O) groups is 2. The summed E-state index contributed by atoms with van der Waals surface area (Å²) in [6.07, 6.45) is 1.45. The van der Waals surface area contributed by atoms with Gasteiger partial charge in [-0.25, -0.2) is 9.48 Å². The lowest BCUT2D eigenvalue weighted by molar-refractivity contribution is -0.161. The van der Waals surface area contributed by atoms with Crippen LogP contribution in [0.25, 0.3) is 0 Å². The zero-order valence-electron chi connectivity index (χ0n) is 12.2. The Hall–Kier alpha value is -2.29. The lowest BCUT2D eigenvalue weighted by atomic mass is 10.1. The molecule has 1 unspecified atom stereocenters. The van der Waals surface area contributed by atoms with Crippen LogP contribution in [-0.2, 0) is 16.3 Å². The van der Waals surface area contributed by atoms with E-state index in [1.54, 1.807) is 0 Å². The number of aliphatic carboxylic acids is 1. The lowest BCUT2D eigenvalue weighted by Crippen LogP contribution is -2.40. The Morgan fingerprint density at radius 1 is 1.42 bits per heavy atom. The van der Waals surface area contributed by atoms with Gasteiger partial charge in [-0.2, -0.15) is 5.10 Å². The average molecular weight is 373 g/mol. The Morgan fingerprint density at radius 3 is 2.83 bits per heavy atom. The molecule has 0 radical (unpaired) electrons. The number of carbonyl (C=O) groups excluding carboxylic acids is 1. The van der Waals surface area contributed by atoms with Crippen molar-refractivity contribution >= 4 is 35.0 Å². The maximum atomic E-state index is 12.6. The molecular formula is C14H10Cl2N2O6. The summed E-state index contributed by atoms with van der Waals surface area (Å²) in [7, 11) is 1.47. The first-order valence-electron chi connectivity index (χ1n) is 6.55. The van der Waals surface area contributed by atoms with Crippen molar-refractivity contribution in [3.05, 3.63) is 40.7 Å². The molecule has 0 aliphatic carbocycles. The Bertz CT molecular complexity index is 837.